The number of aromatic nitrogens is 4. The quantitative estimate of drug-likeness (QED) is 0.209. The second-order valence-electron chi connectivity index (χ2n) is 9.96. The van der Waals surface area contributed by atoms with Crippen LogP contribution in [0.15, 0.2) is 104 Å². The van der Waals surface area contributed by atoms with Crippen LogP contribution in [-0.4, -0.2) is 46.0 Å². The Morgan fingerprint density at radius 1 is 0.814 bits per heavy atom. The second-order valence-corrected chi connectivity index (χ2v) is 10.3. The molecule has 0 amide bonds. The van der Waals surface area contributed by atoms with Crippen molar-refractivity contribution in [1.82, 2.24) is 19.5 Å². The van der Waals surface area contributed by atoms with Crippen LogP contribution in [-0.2, 0) is 12.0 Å². The summed E-state index contributed by atoms with van der Waals surface area (Å²) in [5, 5.41) is 13.5. The largest absolute Gasteiger partial charge is 0.493 e. The van der Waals surface area contributed by atoms with Gasteiger partial charge in [-0.25, -0.2) is 4.98 Å². The topological polar surface area (TPSA) is 91.5 Å². The fraction of sp³-hybridized carbons (Fsp3) is 0.147. The number of rotatable bonds is 9. The van der Waals surface area contributed by atoms with Gasteiger partial charge >= 0.3 is 0 Å². The van der Waals surface area contributed by atoms with Gasteiger partial charge in [-0.15, -0.1) is 0 Å². The predicted octanol–water partition coefficient (Wildman–Crippen LogP) is 6.37. The van der Waals surface area contributed by atoms with Crippen molar-refractivity contribution in [3.05, 3.63) is 137 Å². The molecule has 0 bridgehead atoms. The summed E-state index contributed by atoms with van der Waals surface area (Å²) in [4.78, 5) is 13.6. The molecule has 0 saturated heterocycles. The number of fused-ring (bicyclic) bond motifs is 1. The van der Waals surface area contributed by atoms with Gasteiger partial charge in [0.15, 0.2) is 17.1 Å². The third-order valence-electron chi connectivity index (χ3n) is 7.55. The van der Waals surface area contributed by atoms with Crippen molar-refractivity contribution in [2.24, 2.45) is 0 Å². The number of methoxy groups -OCH3 is 3. The minimum Gasteiger partial charge on any atom is -0.493 e. The SMILES string of the molecule is COc1ccc(C(O)(c2cccnc2)c2cnc3nc(OC)c(Cc4ccc(-n5cccc5)cc4)c(Cl)c3c2)cc1OC. The molecule has 1 unspecified atom stereocenters. The van der Waals surface area contributed by atoms with Crippen LogP contribution in [0.3, 0.4) is 0 Å². The summed E-state index contributed by atoms with van der Waals surface area (Å²) < 4.78 is 18.7. The lowest BCUT2D eigenvalue weighted by atomic mass is 9.81. The summed E-state index contributed by atoms with van der Waals surface area (Å²) in [5.41, 5.74) is 3.14. The molecule has 1 atom stereocenters. The number of benzene rings is 2. The van der Waals surface area contributed by atoms with E-state index in [4.69, 9.17) is 25.8 Å². The van der Waals surface area contributed by atoms with Crippen LogP contribution in [0, 0.1) is 0 Å². The van der Waals surface area contributed by atoms with Gasteiger partial charge in [0, 0.05) is 65.2 Å². The lowest BCUT2D eigenvalue weighted by Crippen LogP contribution is -2.29. The molecular formula is C34H29ClN4O4. The van der Waals surface area contributed by atoms with Gasteiger partial charge in [-0.2, -0.15) is 4.98 Å². The van der Waals surface area contributed by atoms with E-state index in [-0.39, 0.29) is 0 Å². The van der Waals surface area contributed by atoms with Gasteiger partial charge in [0.25, 0.3) is 0 Å². The molecule has 2 aromatic carbocycles. The summed E-state index contributed by atoms with van der Waals surface area (Å²) in [6.45, 7) is 0. The molecule has 0 radical (unpaired) electrons. The fourth-order valence-corrected chi connectivity index (χ4v) is 5.57. The van der Waals surface area contributed by atoms with Crippen molar-refractivity contribution in [2.75, 3.05) is 21.3 Å². The molecular weight excluding hydrogens is 564 g/mol. The third kappa shape index (κ3) is 5.16. The number of ether oxygens (including phenoxy) is 3. The minimum atomic E-state index is -1.65. The zero-order chi connectivity index (χ0) is 30.0. The number of hydrogen-bond donors (Lipinski definition) is 1. The molecule has 0 spiro atoms. The maximum absolute atomic E-state index is 12.5. The van der Waals surface area contributed by atoms with Crippen LogP contribution < -0.4 is 14.2 Å². The average molecular weight is 593 g/mol. The smallest absolute Gasteiger partial charge is 0.220 e. The highest BCUT2D eigenvalue weighted by Crippen LogP contribution is 2.42. The van der Waals surface area contributed by atoms with E-state index >= 15 is 0 Å². The average Bonchev–Trinajstić information content (AvgIpc) is 3.61. The van der Waals surface area contributed by atoms with E-state index in [1.165, 1.54) is 0 Å². The number of halogens is 1. The summed E-state index contributed by atoms with van der Waals surface area (Å²) in [6, 6.07) is 22.9. The second kappa shape index (κ2) is 11.8. The van der Waals surface area contributed by atoms with Crippen molar-refractivity contribution in [3.8, 4) is 23.1 Å². The first-order valence-electron chi connectivity index (χ1n) is 13.6. The van der Waals surface area contributed by atoms with E-state index in [2.05, 4.69) is 39.2 Å². The van der Waals surface area contributed by atoms with Gasteiger partial charge in [0.05, 0.1) is 26.4 Å². The lowest BCUT2D eigenvalue weighted by Gasteiger charge is -2.30. The lowest BCUT2D eigenvalue weighted by molar-refractivity contribution is 0.124. The molecule has 0 aliphatic heterocycles. The van der Waals surface area contributed by atoms with Crippen molar-refractivity contribution in [1.29, 1.82) is 0 Å². The Hall–Kier alpha value is -4.92. The molecule has 0 fully saturated rings. The van der Waals surface area contributed by atoms with Crippen LogP contribution in [0.4, 0.5) is 0 Å². The summed E-state index contributed by atoms with van der Waals surface area (Å²) in [6.07, 6.45) is 9.36. The molecule has 1 N–H and O–H groups in total. The monoisotopic (exact) mass is 592 g/mol. The maximum Gasteiger partial charge on any atom is 0.220 e. The molecule has 0 aliphatic carbocycles. The van der Waals surface area contributed by atoms with Crippen LogP contribution in [0.5, 0.6) is 17.4 Å². The number of nitrogens with zero attached hydrogens (tertiary/aromatic N) is 4. The van der Waals surface area contributed by atoms with Gasteiger partial charge in [0.1, 0.15) is 5.60 Å². The first-order chi connectivity index (χ1) is 21.0. The highest BCUT2D eigenvalue weighted by Gasteiger charge is 2.36. The van der Waals surface area contributed by atoms with Gasteiger partial charge in [-0.05, 0) is 59.7 Å². The van der Waals surface area contributed by atoms with E-state index in [9.17, 15) is 5.11 Å². The van der Waals surface area contributed by atoms with Crippen molar-refractivity contribution in [3.63, 3.8) is 0 Å². The van der Waals surface area contributed by atoms with E-state index in [1.807, 2.05) is 41.2 Å². The van der Waals surface area contributed by atoms with Crippen LogP contribution in [0.2, 0.25) is 5.02 Å². The highest BCUT2D eigenvalue weighted by molar-refractivity contribution is 6.36. The third-order valence-corrected chi connectivity index (χ3v) is 7.98. The summed E-state index contributed by atoms with van der Waals surface area (Å²) in [5.74, 6) is 1.42. The molecule has 9 heteroatoms. The Kier molecular flexibility index (Phi) is 7.71. The Bertz CT molecular complexity index is 1880. The Labute approximate surface area is 254 Å². The van der Waals surface area contributed by atoms with Gasteiger partial charge in [0.2, 0.25) is 5.88 Å². The first kappa shape index (κ1) is 28.2. The summed E-state index contributed by atoms with van der Waals surface area (Å²) >= 11 is 7.09. The van der Waals surface area contributed by atoms with Gasteiger partial charge in [-0.3, -0.25) is 4.98 Å². The van der Waals surface area contributed by atoms with E-state index in [1.54, 1.807) is 64.2 Å². The van der Waals surface area contributed by atoms with Gasteiger partial charge in [-0.1, -0.05) is 35.9 Å². The van der Waals surface area contributed by atoms with E-state index in [0.29, 0.717) is 56.5 Å². The standard InChI is InChI=1S/C34H29ClN4O4/c1-41-29-13-10-23(19-30(29)42-2)34(40,24-7-6-14-36-20-24)25-18-27-31(35)28(33(43-3)38-32(27)37-21-25)17-22-8-11-26(12-9-22)39-15-4-5-16-39/h4-16,18-21,40H,17H2,1-3H3. The molecule has 216 valence electrons. The van der Waals surface area contributed by atoms with E-state index < -0.39 is 5.60 Å². The maximum atomic E-state index is 12.5. The van der Waals surface area contributed by atoms with Crippen molar-refractivity contribution in [2.45, 2.75) is 12.0 Å². The number of pyridine rings is 3. The minimum absolute atomic E-state index is 0.398. The van der Waals surface area contributed by atoms with Crippen molar-refractivity contribution >= 4 is 22.6 Å². The highest BCUT2D eigenvalue weighted by atomic mass is 35.5. The number of aliphatic hydroxyl groups is 1. The number of hydrogen-bond acceptors (Lipinski definition) is 7. The summed E-state index contributed by atoms with van der Waals surface area (Å²) in [7, 11) is 4.68. The normalized spacial score (nSPS) is 12.6. The van der Waals surface area contributed by atoms with Crippen LogP contribution in [0.1, 0.15) is 27.8 Å². The van der Waals surface area contributed by atoms with Crippen molar-refractivity contribution < 1.29 is 19.3 Å². The zero-order valence-electron chi connectivity index (χ0n) is 23.9. The molecule has 4 aromatic heterocycles. The zero-order valence-corrected chi connectivity index (χ0v) is 24.6. The van der Waals surface area contributed by atoms with Crippen LogP contribution in [0.25, 0.3) is 16.7 Å². The Balaban J connectivity index is 1.47. The molecule has 8 nitrogen and oxygen atoms in total. The molecule has 4 heterocycles. The first-order valence-corrected chi connectivity index (χ1v) is 13.9. The molecule has 6 aromatic rings. The van der Waals surface area contributed by atoms with E-state index in [0.717, 1.165) is 16.8 Å². The van der Waals surface area contributed by atoms with Gasteiger partial charge < -0.3 is 23.9 Å². The fourth-order valence-electron chi connectivity index (χ4n) is 5.28. The Morgan fingerprint density at radius 2 is 1.58 bits per heavy atom. The predicted molar refractivity (Wildman–Crippen MR) is 166 cm³/mol. The van der Waals surface area contributed by atoms with Crippen LogP contribution >= 0.6 is 11.6 Å². The Morgan fingerprint density at radius 3 is 2.26 bits per heavy atom. The molecule has 43 heavy (non-hydrogen) atoms. The molecule has 6 rings (SSSR count). The molecule has 0 saturated carbocycles. The molecule has 0 aliphatic rings.